The first-order chi connectivity index (χ1) is 9.22. The fourth-order valence-electron chi connectivity index (χ4n) is 3.41. The summed E-state index contributed by atoms with van der Waals surface area (Å²) in [5.74, 6) is 0.160. The topological polar surface area (TPSA) is 44.4 Å². The van der Waals surface area contributed by atoms with E-state index in [2.05, 4.69) is 22.5 Å². The van der Waals surface area contributed by atoms with E-state index < -0.39 is 0 Å². The third kappa shape index (κ3) is 3.93. The molecule has 2 aliphatic heterocycles. The van der Waals surface area contributed by atoms with Crippen LogP contribution in [0.2, 0.25) is 0 Å². The van der Waals surface area contributed by atoms with E-state index in [1.165, 1.54) is 45.2 Å². The number of amides is 1. The summed E-state index contributed by atoms with van der Waals surface area (Å²) in [5, 5.41) is 6.57. The number of nitrogens with zero attached hydrogens (tertiary/aromatic N) is 1. The van der Waals surface area contributed by atoms with E-state index in [1.807, 2.05) is 6.92 Å². The van der Waals surface area contributed by atoms with Crippen molar-refractivity contribution in [1.29, 1.82) is 0 Å². The second kappa shape index (κ2) is 7.25. The quantitative estimate of drug-likeness (QED) is 0.687. The molecule has 0 aromatic heterocycles. The van der Waals surface area contributed by atoms with Crippen molar-refractivity contribution in [1.82, 2.24) is 15.5 Å². The van der Waals surface area contributed by atoms with Crippen LogP contribution in [0.15, 0.2) is 0 Å². The van der Waals surface area contributed by atoms with Crippen molar-refractivity contribution in [3.63, 3.8) is 0 Å². The Bertz CT molecular complexity index is 295. The molecule has 2 aliphatic rings. The molecule has 0 bridgehead atoms. The highest BCUT2D eigenvalue weighted by molar-refractivity contribution is 5.81. The Morgan fingerprint density at radius 1 is 1.32 bits per heavy atom. The summed E-state index contributed by atoms with van der Waals surface area (Å²) in [5.41, 5.74) is 0. The van der Waals surface area contributed by atoms with Crippen molar-refractivity contribution in [2.24, 2.45) is 0 Å². The lowest BCUT2D eigenvalue weighted by Gasteiger charge is -2.24. The fourth-order valence-corrected chi connectivity index (χ4v) is 3.41. The summed E-state index contributed by atoms with van der Waals surface area (Å²) in [6.45, 7) is 7.44. The third-order valence-electron chi connectivity index (χ3n) is 4.54. The Kier molecular flexibility index (Phi) is 5.64. The number of unbranched alkanes of at least 4 members (excludes halogenated alkanes) is 2. The Labute approximate surface area is 117 Å². The maximum absolute atomic E-state index is 12.0. The first kappa shape index (κ1) is 14.8. The van der Waals surface area contributed by atoms with Crippen LogP contribution in [0.3, 0.4) is 0 Å². The van der Waals surface area contributed by atoms with Gasteiger partial charge in [-0.3, -0.25) is 9.69 Å². The number of hydrogen-bond acceptors (Lipinski definition) is 3. The number of carbonyl (C=O) groups excluding carboxylic acids is 1. The van der Waals surface area contributed by atoms with Crippen molar-refractivity contribution in [3.05, 3.63) is 0 Å². The Morgan fingerprint density at radius 2 is 2.16 bits per heavy atom. The Hall–Kier alpha value is -0.610. The van der Waals surface area contributed by atoms with Crippen molar-refractivity contribution < 1.29 is 4.79 Å². The molecule has 2 N–H and O–H groups in total. The number of carbonyl (C=O) groups is 1. The molecule has 19 heavy (non-hydrogen) atoms. The SMILES string of the molecule is CCCCCNC(=O)C(C)NC1CCN2CCCC12. The smallest absolute Gasteiger partial charge is 0.236 e. The lowest BCUT2D eigenvalue weighted by atomic mass is 10.1. The van der Waals surface area contributed by atoms with Gasteiger partial charge in [-0.1, -0.05) is 19.8 Å². The van der Waals surface area contributed by atoms with E-state index in [1.54, 1.807) is 0 Å². The molecule has 0 spiro atoms. The van der Waals surface area contributed by atoms with Gasteiger partial charge in [0.2, 0.25) is 5.91 Å². The van der Waals surface area contributed by atoms with Gasteiger partial charge in [0.15, 0.2) is 0 Å². The van der Waals surface area contributed by atoms with Crippen LogP contribution in [-0.2, 0) is 4.79 Å². The van der Waals surface area contributed by atoms with Gasteiger partial charge in [-0.2, -0.15) is 0 Å². The Balaban J connectivity index is 1.68. The highest BCUT2D eigenvalue weighted by Crippen LogP contribution is 2.28. The van der Waals surface area contributed by atoms with Crippen LogP contribution < -0.4 is 10.6 Å². The molecule has 4 nitrogen and oxygen atoms in total. The van der Waals surface area contributed by atoms with Crippen LogP contribution in [0, 0.1) is 0 Å². The van der Waals surface area contributed by atoms with Gasteiger partial charge in [-0.25, -0.2) is 0 Å². The maximum Gasteiger partial charge on any atom is 0.236 e. The standard InChI is InChI=1S/C15H29N3O/c1-3-4-5-9-16-15(19)12(2)17-13-8-11-18-10-6-7-14(13)18/h12-14,17H,3-11H2,1-2H3,(H,16,19). The van der Waals surface area contributed by atoms with Gasteiger partial charge >= 0.3 is 0 Å². The van der Waals surface area contributed by atoms with Crippen LogP contribution in [0.4, 0.5) is 0 Å². The molecular formula is C15H29N3O. The van der Waals surface area contributed by atoms with E-state index in [-0.39, 0.29) is 11.9 Å². The predicted molar refractivity (Wildman–Crippen MR) is 78.1 cm³/mol. The molecule has 2 rings (SSSR count). The molecule has 1 amide bonds. The summed E-state index contributed by atoms with van der Waals surface area (Å²) >= 11 is 0. The number of rotatable bonds is 7. The van der Waals surface area contributed by atoms with Gasteiger partial charge in [-0.15, -0.1) is 0 Å². The Morgan fingerprint density at radius 3 is 2.95 bits per heavy atom. The number of fused-ring (bicyclic) bond motifs is 1. The lowest BCUT2D eigenvalue weighted by molar-refractivity contribution is -0.123. The van der Waals surface area contributed by atoms with Crippen molar-refractivity contribution in [2.45, 2.75) is 70.5 Å². The minimum Gasteiger partial charge on any atom is -0.355 e. The number of nitrogens with one attached hydrogen (secondary N) is 2. The molecule has 2 fully saturated rings. The fraction of sp³-hybridized carbons (Fsp3) is 0.933. The van der Waals surface area contributed by atoms with E-state index in [0.717, 1.165) is 13.0 Å². The molecule has 0 aromatic rings. The molecule has 0 aromatic carbocycles. The van der Waals surface area contributed by atoms with Crippen molar-refractivity contribution in [3.8, 4) is 0 Å². The number of hydrogen-bond donors (Lipinski definition) is 2. The molecular weight excluding hydrogens is 238 g/mol. The summed E-state index contributed by atoms with van der Waals surface area (Å²) in [6.07, 6.45) is 7.29. The van der Waals surface area contributed by atoms with E-state index in [9.17, 15) is 4.79 Å². The molecule has 4 heteroatoms. The molecule has 0 radical (unpaired) electrons. The highest BCUT2D eigenvalue weighted by atomic mass is 16.2. The molecule has 2 saturated heterocycles. The molecule has 0 aliphatic carbocycles. The molecule has 3 atom stereocenters. The van der Waals surface area contributed by atoms with E-state index in [0.29, 0.717) is 12.1 Å². The summed E-state index contributed by atoms with van der Waals surface area (Å²) in [4.78, 5) is 14.6. The van der Waals surface area contributed by atoms with Gasteiger partial charge in [0.25, 0.3) is 0 Å². The average molecular weight is 267 g/mol. The van der Waals surface area contributed by atoms with Crippen LogP contribution in [0.25, 0.3) is 0 Å². The van der Waals surface area contributed by atoms with Crippen LogP contribution >= 0.6 is 0 Å². The third-order valence-corrected chi connectivity index (χ3v) is 4.54. The first-order valence-corrected chi connectivity index (χ1v) is 8.00. The van der Waals surface area contributed by atoms with Crippen LogP contribution in [0.5, 0.6) is 0 Å². The normalized spacial score (nSPS) is 28.3. The highest BCUT2D eigenvalue weighted by Gasteiger charge is 2.37. The van der Waals surface area contributed by atoms with Gasteiger partial charge < -0.3 is 10.6 Å². The minimum atomic E-state index is -0.0628. The largest absolute Gasteiger partial charge is 0.355 e. The predicted octanol–water partition coefficient (Wildman–Crippen LogP) is 1.51. The maximum atomic E-state index is 12.0. The molecule has 2 heterocycles. The zero-order chi connectivity index (χ0) is 13.7. The lowest BCUT2D eigenvalue weighted by Crippen LogP contribution is -2.50. The minimum absolute atomic E-state index is 0.0628. The second-order valence-electron chi connectivity index (χ2n) is 6.03. The average Bonchev–Trinajstić information content (AvgIpc) is 2.99. The van der Waals surface area contributed by atoms with Crippen molar-refractivity contribution in [2.75, 3.05) is 19.6 Å². The van der Waals surface area contributed by atoms with Gasteiger partial charge in [0, 0.05) is 25.2 Å². The zero-order valence-electron chi connectivity index (χ0n) is 12.5. The van der Waals surface area contributed by atoms with Crippen LogP contribution in [0.1, 0.15) is 52.4 Å². The zero-order valence-corrected chi connectivity index (χ0v) is 12.5. The second-order valence-corrected chi connectivity index (χ2v) is 6.03. The van der Waals surface area contributed by atoms with Crippen LogP contribution in [-0.4, -0.2) is 48.6 Å². The summed E-state index contributed by atoms with van der Waals surface area (Å²) < 4.78 is 0. The molecule has 0 saturated carbocycles. The monoisotopic (exact) mass is 267 g/mol. The van der Waals surface area contributed by atoms with Crippen molar-refractivity contribution >= 4 is 5.91 Å². The van der Waals surface area contributed by atoms with Gasteiger partial charge in [-0.05, 0) is 39.2 Å². The van der Waals surface area contributed by atoms with E-state index in [4.69, 9.17) is 0 Å². The summed E-state index contributed by atoms with van der Waals surface area (Å²) in [6, 6.07) is 1.13. The van der Waals surface area contributed by atoms with Gasteiger partial charge in [0.05, 0.1) is 6.04 Å². The van der Waals surface area contributed by atoms with E-state index >= 15 is 0 Å². The molecule has 110 valence electrons. The summed E-state index contributed by atoms with van der Waals surface area (Å²) in [7, 11) is 0. The molecule has 3 unspecified atom stereocenters. The first-order valence-electron chi connectivity index (χ1n) is 8.00. The van der Waals surface area contributed by atoms with Gasteiger partial charge in [0.1, 0.15) is 0 Å².